The number of halogens is 1. The lowest BCUT2D eigenvalue weighted by molar-refractivity contribution is 0.241. The summed E-state index contributed by atoms with van der Waals surface area (Å²) in [6.45, 7) is 7.02. The highest BCUT2D eigenvalue weighted by Gasteiger charge is 2.07. The molecule has 2 aromatic carbocycles. The summed E-state index contributed by atoms with van der Waals surface area (Å²) < 4.78 is 11.7. The maximum atomic E-state index is 5.89. The zero-order valence-electron chi connectivity index (χ0n) is 14.4. The molecule has 0 aliphatic rings. The first-order valence-corrected chi connectivity index (χ1v) is 9.62. The van der Waals surface area contributed by atoms with Crippen molar-refractivity contribution < 1.29 is 9.47 Å². The molecule has 126 valence electrons. The fourth-order valence-electron chi connectivity index (χ4n) is 2.65. The molecule has 0 saturated heterocycles. The minimum atomic E-state index is 0.193. The molecule has 0 aromatic heterocycles. The zero-order valence-corrected chi connectivity index (χ0v) is 16.0. The second-order valence-electron chi connectivity index (χ2n) is 6.19. The number of ether oxygens (including phenoxy) is 2. The number of rotatable bonds is 9. The first-order valence-electron chi connectivity index (χ1n) is 8.50. The van der Waals surface area contributed by atoms with Gasteiger partial charge in [0.1, 0.15) is 11.5 Å². The third-order valence-corrected chi connectivity index (χ3v) is 4.43. The summed E-state index contributed by atoms with van der Waals surface area (Å²) >= 11 is 3.46. The summed E-state index contributed by atoms with van der Waals surface area (Å²) in [5.74, 6) is 1.92. The van der Waals surface area contributed by atoms with Crippen molar-refractivity contribution in [2.45, 2.75) is 52.6 Å². The van der Waals surface area contributed by atoms with Crippen LogP contribution >= 0.6 is 15.9 Å². The van der Waals surface area contributed by atoms with Crippen molar-refractivity contribution in [3.63, 3.8) is 0 Å². The van der Waals surface area contributed by atoms with Crippen LogP contribution in [-0.4, -0.2) is 18.0 Å². The maximum absolute atomic E-state index is 5.89. The number of alkyl halides is 1. The molecule has 0 unspecified atom stereocenters. The first kappa shape index (κ1) is 18.1. The van der Waals surface area contributed by atoms with E-state index >= 15 is 0 Å². The predicted octanol–water partition coefficient (Wildman–Crippen LogP) is 6.27. The van der Waals surface area contributed by atoms with Crippen molar-refractivity contribution in [1.82, 2.24) is 0 Å². The normalized spacial score (nSPS) is 11.2. The Balaban J connectivity index is 1.99. The van der Waals surface area contributed by atoms with Gasteiger partial charge < -0.3 is 9.47 Å². The van der Waals surface area contributed by atoms with E-state index in [1.807, 2.05) is 0 Å². The topological polar surface area (TPSA) is 18.5 Å². The SMILES string of the molecule is Cc1c(OC(C)C)ccc2cc(OCCCCCCBr)ccc12. The number of hydrogen-bond donors (Lipinski definition) is 0. The third-order valence-electron chi connectivity index (χ3n) is 3.87. The minimum absolute atomic E-state index is 0.193. The summed E-state index contributed by atoms with van der Waals surface area (Å²) in [6, 6.07) is 10.5. The molecular weight excluding hydrogens is 352 g/mol. The maximum Gasteiger partial charge on any atom is 0.123 e. The lowest BCUT2D eigenvalue weighted by Gasteiger charge is -2.15. The Labute approximate surface area is 148 Å². The largest absolute Gasteiger partial charge is 0.494 e. The molecule has 0 spiro atoms. The van der Waals surface area contributed by atoms with Gasteiger partial charge in [-0.1, -0.05) is 40.9 Å². The third kappa shape index (κ3) is 5.42. The van der Waals surface area contributed by atoms with Crippen molar-refractivity contribution in [3.05, 3.63) is 35.9 Å². The molecule has 0 atom stereocenters. The van der Waals surface area contributed by atoms with Crippen LogP contribution in [0.3, 0.4) is 0 Å². The van der Waals surface area contributed by atoms with Gasteiger partial charge in [0.15, 0.2) is 0 Å². The van der Waals surface area contributed by atoms with Gasteiger partial charge in [-0.2, -0.15) is 0 Å². The van der Waals surface area contributed by atoms with E-state index in [1.54, 1.807) is 0 Å². The second-order valence-corrected chi connectivity index (χ2v) is 6.98. The molecule has 0 amide bonds. The summed E-state index contributed by atoms with van der Waals surface area (Å²) in [5.41, 5.74) is 1.19. The number of unbranched alkanes of at least 4 members (excludes halogenated alkanes) is 3. The van der Waals surface area contributed by atoms with E-state index in [4.69, 9.17) is 9.47 Å². The van der Waals surface area contributed by atoms with Gasteiger partial charge in [0, 0.05) is 5.33 Å². The van der Waals surface area contributed by atoms with Gasteiger partial charge in [-0.3, -0.25) is 0 Å². The Hall–Kier alpha value is -1.22. The minimum Gasteiger partial charge on any atom is -0.494 e. The molecule has 2 nitrogen and oxygen atoms in total. The Morgan fingerprint density at radius 1 is 1.00 bits per heavy atom. The summed E-state index contributed by atoms with van der Waals surface area (Å²) in [5, 5.41) is 3.53. The van der Waals surface area contributed by atoms with Crippen molar-refractivity contribution in [1.29, 1.82) is 0 Å². The van der Waals surface area contributed by atoms with Gasteiger partial charge in [-0.25, -0.2) is 0 Å². The van der Waals surface area contributed by atoms with Crippen LogP contribution in [0, 0.1) is 6.92 Å². The average Bonchev–Trinajstić information content (AvgIpc) is 2.53. The Morgan fingerprint density at radius 2 is 1.78 bits per heavy atom. The molecule has 0 N–H and O–H groups in total. The van der Waals surface area contributed by atoms with Gasteiger partial charge in [-0.05, 0) is 68.1 Å². The van der Waals surface area contributed by atoms with E-state index in [-0.39, 0.29) is 6.10 Å². The number of fused-ring (bicyclic) bond motifs is 1. The van der Waals surface area contributed by atoms with Crippen LogP contribution in [0.5, 0.6) is 11.5 Å². The van der Waals surface area contributed by atoms with Crippen LogP contribution in [0.4, 0.5) is 0 Å². The zero-order chi connectivity index (χ0) is 16.7. The standard InChI is InChI=1S/C20H27BrO2/c1-15(2)23-20-11-8-17-14-18(9-10-19(17)16(20)3)22-13-7-5-4-6-12-21/h8-11,14-15H,4-7,12-13H2,1-3H3. The lowest BCUT2D eigenvalue weighted by atomic mass is 10.0. The van der Waals surface area contributed by atoms with Crippen LogP contribution in [-0.2, 0) is 0 Å². The highest BCUT2D eigenvalue weighted by atomic mass is 79.9. The van der Waals surface area contributed by atoms with Crippen LogP contribution in [0.25, 0.3) is 10.8 Å². The van der Waals surface area contributed by atoms with Crippen molar-refractivity contribution in [3.8, 4) is 11.5 Å². The molecule has 0 aliphatic heterocycles. The second kappa shape index (κ2) is 9.17. The van der Waals surface area contributed by atoms with E-state index in [2.05, 4.69) is 67.0 Å². The number of aryl methyl sites for hydroxylation is 1. The molecule has 0 radical (unpaired) electrons. The van der Waals surface area contributed by atoms with E-state index < -0.39 is 0 Å². The molecule has 0 aliphatic carbocycles. The first-order chi connectivity index (χ1) is 11.1. The molecular formula is C20H27BrO2. The average molecular weight is 379 g/mol. The van der Waals surface area contributed by atoms with Crippen LogP contribution in [0.2, 0.25) is 0 Å². The van der Waals surface area contributed by atoms with Crippen LogP contribution in [0.15, 0.2) is 30.3 Å². The molecule has 23 heavy (non-hydrogen) atoms. The van der Waals surface area contributed by atoms with Gasteiger partial charge in [0.2, 0.25) is 0 Å². The van der Waals surface area contributed by atoms with E-state index in [9.17, 15) is 0 Å². The Bertz CT molecular complexity index is 622. The van der Waals surface area contributed by atoms with Crippen molar-refractivity contribution in [2.24, 2.45) is 0 Å². The van der Waals surface area contributed by atoms with Gasteiger partial charge in [0.25, 0.3) is 0 Å². The molecule has 0 heterocycles. The molecule has 2 aromatic rings. The molecule has 3 heteroatoms. The van der Waals surface area contributed by atoms with E-state index in [0.29, 0.717) is 0 Å². The van der Waals surface area contributed by atoms with Gasteiger partial charge >= 0.3 is 0 Å². The lowest BCUT2D eigenvalue weighted by Crippen LogP contribution is -2.06. The summed E-state index contributed by atoms with van der Waals surface area (Å²) in [6.07, 6.45) is 5.05. The quantitative estimate of drug-likeness (QED) is 0.378. The molecule has 0 bridgehead atoms. The number of hydrogen-bond acceptors (Lipinski definition) is 2. The summed E-state index contributed by atoms with van der Waals surface area (Å²) in [4.78, 5) is 0. The smallest absolute Gasteiger partial charge is 0.123 e. The fraction of sp³-hybridized carbons (Fsp3) is 0.500. The summed E-state index contributed by atoms with van der Waals surface area (Å²) in [7, 11) is 0. The highest BCUT2D eigenvalue weighted by Crippen LogP contribution is 2.30. The monoisotopic (exact) mass is 378 g/mol. The van der Waals surface area contributed by atoms with Crippen molar-refractivity contribution >= 4 is 26.7 Å². The van der Waals surface area contributed by atoms with E-state index in [1.165, 1.54) is 35.6 Å². The molecule has 0 saturated carbocycles. The predicted molar refractivity (Wildman–Crippen MR) is 102 cm³/mol. The van der Waals surface area contributed by atoms with Gasteiger partial charge in [-0.15, -0.1) is 0 Å². The van der Waals surface area contributed by atoms with Gasteiger partial charge in [0.05, 0.1) is 12.7 Å². The molecule has 2 rings (SSSR count). The Morgan fingerprint density at radius 3 is 2.52 bits per heavy atom. The number of benzene rings is 2. The van der Waals surface area contributed by atoms with Crippen LogP contribution in [0.1, 0.15) is 45.1 Å². The van der Waals surface area contributed by atoms with Crippen molar-refractivity contribution in [2.75, 3.05) is 11.9 Å². The van der Waals surface area contributed by atoms with E-state index in [0.717, 1.165) is 29.9 Å². The highest BCUT2D eigenvalue weighted by molar-refractivity contribution is 9.09. The fourth-order valence-corrected chi connectivity index (χ4v) is 3.05. The van der Waals surface area contributed by atoms with Crippen LogP contribution < -0.4 is 9.47 Å². The molecule has 0 fully saturated rings. The Kier molecular flexibility index (Phi) is 7.22.